The number of nitrogens with zero attached hydrogens (tertiary/aromatic N) is 1. The minimum atomic E-state index is -1.52. The summed E-state index contributed by atoms with van der Waals surface area (Å²) >= 11 is 0. The number of allylic oxidation sites excluding steroid dienone is 1. The molecule has 3 atom stereocenters. The second-order valence-corrected chi connectivity index (χ2v) is 13.9. The lowest BCUT2D eigenvalue weighted by Gasteiger charge is -2.49. The molecular weight excluding hydrogens is 330 g/mol. The normalized spacial score (nSPS) is 29.2. The summed E-state index contributed by atoms with van der Waals surface area (Å²) in [5, 5.41) is 10.5. The average molecular weight is 362 g/mol. The molecule has 4 nitrogen and oxygen atoms in total. The molecule has 1 N–H and O–H groups in total. The maximum absolute atomic E-state index is 10.5. The number of aliphatic hydroxyl groups excluding tert-OH is 1. The van der Waals surface area contributed by atoms with Gasteiger partial charge in [-0.1, -0.05) is 25.7 Å². The number of methoxy groups -OCH3 is 2. The monoisotopic (exact) mass is 361 g/mol. The Morgan fingerprint density at radius 1 is 1.16 bits per heavy atom. The fourth-order valence-corrected chi connectivity index (χ4v) is 7.84. The summed E-state index contributed by atoms with van der Waals surface area (Å²) in [4.78, 5) is 2.33. The van der Waals surface area contributed by atoms with Crippen LogP contribution in [0.5, 0.6) is 11.5 Å². The van der Waals surface area contributed by atoms with E-state index >= 15 is 0 Å². The topological polar surface area (TPSA) is 41.9 Å². The van der Waals surface area contributed by atoms with E-state index in [1.807, 2.05) is 6.07 Å². The molecule has 1 fully saturated rings. The molecule has 0 bridgehead atoms. The van der Waals surface area contributed by atoms with Crippen LogP contribution in [0.2, 0.25) is 25.2 Å². The van der Waals surface area contributed by atoms with Crippen LogP contribution in [0.3, 0.4) is 0 Å². The van der Waals surface area contributed by atoms with Gasteiger partial charge in [-0.2, -0.15) is 0 Å². The van der Waals surface area contributed by atoms with Gasteiger partial charge in [-0.3, -0.25) is 0 Å². The third-order valence-corrected chi connectivity index (χ3v) is 8.90. The molecule has 0 amide bonds. The van der Waals surface area contributed by atoms with Crippen LogP contribution in [0.1, 0.15) is 18.4 Å². The van der Waals surface area contributed by atoms with Crippen molar-refractivity contribution < 1.29 is 14.6 Å². The van der Waals surface area contributed by atoms with Gasteiger partial charge < -0.3 is 19.5 Å². The summed E-state index contributed by atoms with van der Waals surface area (Å²) in [5.41, 5.74) is 3.03. The molecule has 5 heteroatoms. The lowest BCUT2D eigenvalue weighted by Crippen LogP contribution is -2.48. The second kappa shape index (κ2) is 6.36. The molecule has 1 saturated heterocycles. The zero-order valence-electron chi connectivity index (χ0n) is 16.3. The Bertz CT molecular complexity index is 682. The third kappa shape index (κ3) is 2.87. The molecule has 1 heterocycles. The summed E-state index contributed by atoms with van der Waals surface area (Å²) in [6.45, 7) is 8.30. The van der Waals surface area contributed by atoms with Gasteiger partial charge in [0.1, 0.15) is 0 Å². The maximum atomic E-state index is 10.5. The highest BCUT2D eigenvalue weighted by atomic mass is 28.3. The molecule has 3 rings (SSSR count). The fraction of sp³-hybridized carbons (Fsp3) is 0.600. The fourth-order valence-electron chi connectivity index (χ4n) is 4.95. The van der Waals surface area contributed by atoms with E-state index in [0.29, 0.717) is 5.54 Å². The van der Waals surface area contributed by atoms with Crippen LogP contribution in [0.4, 0.5) is 0 Å². The predicted molar refractivity (Wildman–Crippen MR) is 104 cm³/mol. The van der Waals surface area contributed by atoms with E-state index < -0.39 is 8.07 Å². The highest BCUT2D eigenvalue weighted by molar-refractivity contribution is 6.78. The summed E-state index contributed by atoms with van der Waals surface area (Å²) in [7, 11) is 3.99. The first-order valence-corrected chi connectivity index (χ1v) is 12.7. The highest BCUT2D eigenvalue weighted by Crippen LogP contribution is 2.58. The lowest BCUT2D eigenvalue weighted by molar-refractivity contribution is 0.179. The second-order valence-electron chi connectivity index (χ2n) is 8.49. The van der Waals surface area contributed by atoms with E-state index in [-0.39, 0.29) is 11.5 Å². The zero-order chi connectivity index (χ0) is 18.4. The minimum Gasteiger partial charge on any atom is -0.493 e. The van der Waals surface area contributed by atoms with Crippen molar-refractivity contribution in [3.05, 3.63) is 35.5 Å². The van der Waals surface area contributed by atoms with Crippen molar-refractivity contribution in [3.8, 4) is 11.5 Å². The molecule has 0 unspecified atom stereocenters. The smallest absolute Gasteiger partial charge is 0.161 e. The van der Waals surface area contributed by atoms with Gasteiger partial charge in [-0.25, -0.2) is 0 Å². The SMILES string of the molecule is COc1ccc([C@]23CCN(C)C2=C[C@@H](O)C[C@@H]3[Si](C)(C)C)cc1OC. The van der Waals surface area contributed by atoms with Crippen molar-refractivity contribution in [1.82, 2.24) is 4.90 Å². The van der Waals surface area contributed by atoms with Crippen LogP contribution in [0.25, 0.3) is 0 Å². The lowest BCUT2D eigenvalue weighted by atomic mass is 9.69. The molecule has 1 aliphatic heterocycles. The Balaban J connectivity index is 2.22. The number of benzene rings is 1. The molecule has 1 aromatic carbocycles. The minimum absolute atomic E-state index is 0.0298. The number of hydrogen-bond donors (Lipinski definition) is 1. The molecule has 0 saturated carbocycles. The molecule has 0 aromatic heterocycles. The Morgan fingerprint density at radius 3 is 2.44 bits per heavy atom. The van der Waals surface area contributed by atoms with Gasteiger partial charge in [0.25, 0.3) is 0 Å². The van der Waals surface area contributed by atoms with Gasteiger partial charge >= 0.3 is 0 Å². The van der Waals surface area contributed by atoms with Crippen molar-refractivity contribution >= 4 is 8.07 Å². The van der Waals surface area contributed by atoms with Crippen molar-refractivity contribution in [3.63, 3.8) is 0 Å². The predicted octanol–water partition coefficient (Wildman–Crippen LogP) is 3.63. The van der Waals surface area contributed by atoms with Crippen LogP contribution in [0, 0.1) is 0 Å². The maximum Gasteiger partial charge on any atom is 0.161 e. The first-order valence-electron chi connectivity index (χ1n) is 9.08. The van der Waals surface area contributed by atoms with Gasteiger partial charge in [-0.15, -0.1) is 0 Å². The summed E-state index contributed by atoms with van der Waals surface area (Å²) in [6.07, 6.45) is 3.68. The molecule has 0 spiro atoms. The molecule has 0 radical (unpaired) electrons. The van der Waals surface area contributed by atoms with Gasteiger partial charge in [0.15, 0.2) is 11.5 Å². The number of rotatable bonds is 4. The van der Waals surface area contributed by atoms with Crippen LogP contribution < -0.4 is 9.47 Å². The number of aliphatic hydroxyl groups is 1. The van der Waals surface area contributed by atoms with E-state index in [0.717, 1.165) is 30.9 Å². The van der Waals surface area contributed by atoms with Crippen LogP contribution >= 0.6 is 0 Å². The van der Waals surface area contributed by atoms with E-state index in [1.165, 1.54) is 11.3 Å². The van der Waals surface area contributed by atoms with Crippen molar-refractivity contribution in [2.24, 2.45) is 0 Å². The van der Waals surface area contributed by atoms with Crippen molar-refractivity contribution in [1.29, 1.82) is 0 Å². The molecular formula is C20H31NO3Si. The number of hydrogen-bond acceptors (Lipinski definition) is 4. The summed E-state index contributed by atoms with van der Waals surface area (Å²) in [5.74, 6) is 1.55. The van der Waals surface area contributed by atoms with Gasteiger partial charge in [0, 0.05) is 32.8 Å². The summed E-state index contributed by atoms with van der Waals surface area (Å²) in [6, 6.07) is 6.36. The van der Waals surface area contributed by atoms with Gasteiger partial charge in [-0.05, 0) is 42.2 Å². The van der Waals surface area contributed by atoms with E-state index in [9.17, 15) is 5.11 Å². The van der Waals surface area contributed by atoms with E-state index in [1.54, 1.807) is 14.2 Å². The first-order chi connectivity index (χ1) is 11.7. The number of fused-ring (bicyclic) bond motifs is 1. The average Bonchev–Trinajstić information content (AvgIpc) is 2.90. The number of likely N-dealkylation sites (N-methyl/N-ethyl adjacent to an activating group) is 1. The number of likely N-dealkylation sites (tertiary alicyclic amines) is 1. The Kier molecular flexibility index (Phi) is 4.66. The number of ether oxygens (including phenoxy) is 2. The Hall–Kier alpha value is -1.46. The molecule has 138 valence electrons. The van der Waals surface area contributed by atoms with E-state index in [2.05, 4.69) is 49.8 Å². The zero-order valence-corrected chi connectivity index (χ0v) is 17.3. The van der Waals surface area contributed by atoms with Crippen molar-refractivity contribution in [2.75, 3.05) is 27.8 Å². The molecule has 2 aliphatic rings. The van der Waals surface area contributed by atoms with Gasteiger partial charge in [0.05, 0.1) is 20.3 Å². The molecule has 1 aromatic rings. The van der Waals surface area contributed by atoms with Crippen LogP contribution in [0.15, 0.2) is 30.0 Å². The van der Waals surface area contributed by atoms with Crippen LogP contribution in [-0.2, 0) is 5.41 Å². The van der Waals surface area contributed by atoms with Crippen molar-refractivity contribution in [2.45, 2.75) is 49.5 Å². The Morgan fingerprint density at radius 2 is 1.84 bits per heavy atom. The van der Waals surface area contributed by atoms with Crippen LogP contribution in [-0.4, -0.2) is 52.0 Å². The quantitative estimate of drug-likeness (QED) is 0.832. The summed E-state index contributed by atoms with van der Waals surface area (Å²) < 4.78 is 11.0. The molecule has 25 heavy (non-hydrogen) atoms. The standard InChI is InChI=1S/C20H31NO3Si/c1-21-10-9-20(14-7-8-16(23-2)17(11-14)24-3)18(21)12-15(22)13-19(20)25(4,5)6/h7-8,11-12,15,19,22H,9-10,13H2,1-6H3/t15-,19+,20-/m1/s1. The first kappa shape index (κ1) is 18.3. The van der Waals surface area contributed by atoms with E-state index in [4.69, 9.17) is 9.47 Å². The van der Waals surface area contributed by atoms with Gasteiger partial charge in [0.2, 0.25) is 0 Å². The Labute approximate surface area is 152 Å². The highest BCUT2D eigenvalue weighted by Gasteiger charge is 2.55. The molecule has 1 aliphatic carbocycles. The third-order valence-electron chi connectivity index (χ3n) is 6.08. The largest absolute Gasteiger partial charge is 0.493 e.